The smallest absolute Gasteiger partial charge is 0.257 e. The van der Waals surface area contributed by atoms with Crippen LogP contribution in [-0.4, -0.2) is 17.5 Å². The molecule has 2 aromatic carbocycles. The van der Waals surface area contributed by atoms with Crippen LogP contribution in [0.25, 0.3) is 11.3 Å². The van der Waals surface area contributed by atoms with E-state index < -0.39 is 0 Å². The maximum Gasteiger partial charge on any atom is 0.257 e. The Morgan fingerprint density at radius 2 is 1.92 bits per heavy atom. The standard InChI is InChI=1S/C21H22N2O2S/c1-4-12-25-17-10-8-16(9-11-17)19-13-26-21(22-19)23-20(24)18-7-5-6-14(2)15(18)3/h5-11,13H,4,12H2,1-3H3,(H,22,23,24). The fourth-order valence-electron chi connectivity index (χ4n) is 2.57. The van der Waals surface area contributed by atoms with Gasteiger partial charge >= 0.3 is 0 Å². The molecule has 1 aromatic heterocycles. The monoisotopic (exact) mass is 366 g/mol. The normalized spacial score (nSPS) is 10.6. The van der Waals surface area contributed by atoms with Gasteiger partial charge in [0.2, 0.25) is 0 Å². The second-order valence-electron chi connectivity index (χ2n) is 6.11. The predicted molar refractivity (Wildman–Crippen MR) is 107 cm³/mol. The van der Waals surface area contributed by atoms with Gasteiger partial charge < -0.3 is 4.74 Å². The largest absolute Gasteiger partial charge is 0.494 e. The van der Waals surface area contributed by atoms with Gasteiger partial charge in [-0.25, -0.2) is 4.98 Å². The number of ether oxygens (including phenoxy) is 1. The Kier molecular flexibility index (Phi) is 5.68. The van der Waals surface area contributed by atoms with Crippen LogP contribution in [0, 0.1) is 13.8 Å². The number of aryl methyl sites for hydroxylation is 1. The van der Waals surface area contributed by atoms with Crippen molar-refractivity contribution in [2.24, 2.45) is 0 Å². The maximum absolute atomic E-state index is 12.5. The molecule has 3 aromatic rings. The van der Waals surface area contributed by atoms with Crippen LogP contribution in [-0.2, 0) is 0 Å². The number of nitrogens with one attached hydrogen (secondary N) is 1. The highest BCUT2D eigenvalue weighted by atomic mass is 32.1. The first-order valence-electron chi connectivity index (χ1n) is 8.65. The predicted octanol–water partition coefficient (Wildman–Crippen LogP) is 5.47. The minimum Gasteiger partial charge on any atom is -0.494 e. The van der Waals surface area contributed by atoms with Crippen molar-refractivity contribution in [3.05, 3.63) is 64.5 Å². The third-order valence-electron chi connectivity index (χ3n) is 4.20. The Morgan fingerprint density at radius 1 is 1.15 bits per heavy atom. The van der Waals surface area contributed by atoms with Gasteiger partial charge in [0.1, 0.15) is 5.75 Å². The SMILES string of the molecule is CCCOc1ccc(-c2csc(NC(=O)c3cccc(C)c3C)n2)cc1. The molecule has 0 radical (unpaired) electrons. The van der Waals surface area contributed by atoms with Gasteiger partial charge in [-0.1, -0.05) is 19.1 Å². The zero-order chi connectivity index (χ0) is 18.5. The molecule has 0 bridgehead atoms. The van der Waals surface area contributed by atoms with E-state index in [0.29, 0.717) is 17.3 Å². The van der Waals surface area contributed by atoms with E-state index in [1.54, 1.807) is 0 Å². The van der Waals surface area contributed by atoms with Crippen LogP contribution in [0.5, 0.6) is 5.75 Å². The highest BCUT2D eigenvalue weighted by molar-refractivity contribution is 7.14. The van der Waals surface area contributed by atoms with Crippen LogP contribution in [0.4, 0.5) is 5.13 Å². The van der Waals surface area contributed by atoms with E-state index in [2.05, 4.69) is 17.2 Å². The summed E-state index contributed by atoms with van der Waals surface area (Å²) in [5, 5.41) is 5.44. The Hall–Kier alpha value is -2.66. The summed E-state index contributed by atoms with van der Waals surface area (Å²) in [4.78, 5) is 17.1. The summed E-state index contributed by atoms with van der Waals surface area (Å²) in [6.07, 6.45) is 0.983. The Morgan fingerprint density at radius 3 is 2.65 bits per heavy atom. The molecule has 0 fully saturated rings. The van der Waals surface area contributed by atoms with Crippen LogP contribution in [0.15, 0.2) is 47.8 Å². The number of nitrogens with zero attached hydrogens (tertiary/aromatic N) is 1. The number of amides is 1. The van der Waals surface area contributed by atoms with E-state index in [4.69, 9.17) is 4.74 Å². The number of anilines is 1. The lowest BCUT2D eigenvalue weighted by molar-refractivity contribution is 0.102. The minimum atomic E-state index is -0.129. The first-order valence-corrected chi connectivity index (χ1v) is 9.52. The molecule has 26 heavy (non-hydrogen) atoms. The first kappa shape index (κ1) is 18.1. The zero-order valence-corrected chi connectivity index (χ0v) is 16.0. The number of rotatable bonds is 6. The van der Waals surface area contributed by atoms with Crippen molar-refractivity contribution in [1.29, 1.82) is 0 Å². The molecule has 1 heterocycles. The molecule has 0 atom stereocenters. The van der Waals surface area contributed by atoms with Crippen molar-refractivity contribution in [1.82, 2.24) is 4.98 Å². The summed E-state index contributed by atoms with van der Waals surface area (Å²) in [6, 6.07) is 13.6. The number of benzene rings is 2. The highest BCUT2D eigenvalue weighted by Gasteiger charge is 2.13. The second-order valence-corrected chi connectivity index (χ2v) is 6.97. The molecule has 0 aliphatic carbocycles. The number of carbonyl (C=O) groups is 1. The number of carbonyl (C=O) groups excluding carboxylic acids is 1. The molecule has 0 saturated heterocycles. The summed E-state index contributed by atoms with van der Waals surface area (Å²) in [5.74, 6) is 0.727. The number of hydrogen-bond donors (Lipinski definition) is 1. The molecule has 1 N–H and O–H groups in total. The van der Waals surface area contributed by atoms with E-state index in [9.17, 15) is 4.79 Å². The van der Waals surface area contributed by atoms with E-state index in [1.165, 1.54) is 11.3 Å². The summed E-state index contributed by atoms with van der Waals surface area (Å²) >= 11 is 1.42. The molecule has 134 valence electrons. The van der Waals surface area contributed by atoms with E-state index in [-0.39, 0.29) is 5.91 Å². The lowest BCUT2D eigenvalue weighted by atomic mass is 10.0. The van der Waals surface area contributed by atoms with Crippen molar-refractivity contribution in [3.63, 3.8) is 0 Å². The van der Waals surface area contributed by atoms with Crippen molar-refractivity contribution in [2.45, 2.75) is 27.2 Å². The van der Waals surface area contributed by atoms with E-state index >= 15 is 0 Å². The molecular weight excluding hydrogens is 344 g/mol. The molecule has 0 aliphatic heterocycles. The highest BCUT2D eigenvalue weighted by Crippen LogP contribution is 2.27. The van der Waals surface area contributed by atoms with Gasteiger partial charge in [0, 0.05) is 16.5 Å². The summed E-state index contributed by atoms with van der Waals surface area (Å²) < 4.78 is 5.60. The minimum absolute atomic E-state index is 0.129. The number of aromatic nitrogens is 1. The molecule has 0 saturated carbocycles. The lowest BCUT2D eigenvalue weighted by Crippen LogP contribution is -2.13. The van der Waals surface area contributed by atoms with Crippen molar-refractivity contribution < 1.29 is 9.53 Å². The van der Waals surface area contributed by atoms with Crippen LogP contribution in [0.1, 0.15) is 34.8 Å². The van der Waals surface area contributed by atoms with Gasteiger partial charge in [0.15, 0.2) is 5.13 Å². The lowest BCUT2D eigenvalue weighted by Gasteiger charge is -2.07. The molecule has 0 spiro atoms. The van der Waals surface area contributed by atoms with E-state index in [0.717, 1.165) is 34.6 Å². The van der Waals surface area contributed by atoms with Crippen LogP contribution in [0.2, 0.25) is 0 Å². The average Bonchev–Trinajstić information content (AvgIpc) is 3.11. The molecule has 4 nitrogen and oxygen atoms in total. The molecule has 1 amide bonds. The Labute approximate surface area is 157 Å². The summed E-state index contributed by atoms with van der Waals surface area (Å²) in [6.45, 7) is 6.75. The van der Waals surface area contributed by atoms with E-state index in [1.807, 2.05) is 61.7 Å². The Balaban J connectivity index is 1.71. The summed E-state index contributed by atoms with van der Waals surface area (Å²) in [7, 11) is 0. The van der Waals surface area contributed by atoms with Crippen LogP contribution >= 0.6 is 11.3 Å². The number of thiazole rings is 1. The van der Waals surface area contributed by atoms with Gasteiger partial charge in [-0.2, -0.15) is 0 Å². The second kappa shape index (κ2) is 8.15. The molecular formula is C21H22N2O2S. The number of hydrogen-bond acceptors (Lipinski definition) is 4. The molecule has 3 rings (SSSR count). The van der Waals surface area contributed by atoms with Crippen molar-refractivity contribution >= 4 is 22.4 Å². The average molecular weight is 366 g/mol. The quantitative estimate of drug-likeness (QED) is 0.629. The first-order chi connectivity index (χ1) is 12.6. The molecule has 0 aliphatic rings. The third kappa shape index (κ3) is 4.11. The fraction of sp³-hybridized carbons (Fsp3) is 0.238. The third-order valence-corrected chi connectivity index (χ3v) is 4.95. The molecule has 0 unspecified atom stereocenters. The van der Waals surface area contributed by atoms with Gasteiger partial charge in [0.05, 0.1) is 12.3 Å². The zero-order valence-electron chi connectivity index (χ0n) is 15.2. The van der Waals surface area contributed by atoms with Crippen molar-refractivity contribution in [2.75, 3.05) is 11.9 Å². The van der Waals surface area contributed by atoms with Gasteiger partial charge in [-0.3, -0.25) is 10.1 Å². The maximum atomic E-state index is 12.5. The Bertz CT molecular complexity index is 901. The van der Waals surface area contributed by atoms with Gasteiger partial charge in [0.25, 0.3) is 5.91 Å². The van der Waals surface area contributed by atoms with Gasteiger partial charge in [-0.15, -0.1) is 11.3 Å². The summed E-state index contributed by atoms with van der Waals surface area (Å²) in [5.41, 5.74) is 4.61. The topological polar surface area (TPSA) is 51.2 Å². The van der Waals surface area contributed by atoms with Gasteiger partial charge in [-0.05, 0) is 61.7 Å². The van der Waals surface area contributed by atoms with Crippen LogP contribution in [0.3, 0.4) is 0 Å². The fourth-order valence-corrected chi connectivity index (χ4v) is 3.28. The van der Waals surface area contributed by atoms with Crippen LogP contribution < -0.4 is 10.1 Å². The van der Waals surface area contributed by atoms with Crippen molar-refractivity contribution in [3.8, 4) is 17.0 Å². The molecule has 5 heteroatoms.